The second kappa shape index (κ2) is 6.25. The molecule has 1 aromatic rings. The smallest absolute Gasteiger partial charge is 0.291 e. The second-order valence-electron chi connectivity index (χ2n) is 5.79. The lowest BCUT2D eigenvalue weighted by molar-refractivity contribution is -0.145. The van der Waals surface area contributed by atoms with E-state index in [1.807, 2.05) is 0 Å². The normalized spacial score (nSPS) is 18.2. The third kappa shape index (κ3) is 3.16. The molecule has 0 saturated carbocycles. The lowest BCUT2D eigenvalue weighted by atomic mass is 10.1. The van der Waals surface area contributed by atoms with E-state index in [4.69, 9.17) is 0 Å². The van der Waals surface area contributed by atoms with Gasteiger partial charge in [0.05, 0.1) is 0 Å². The third-order valence-corrected chi connectivity index (χ3v) is 3.80. The first-order chi connectivity index (χ1) is 10.3. The highest BCUT2D eigenvalue weighted by Crippen LogP contribution is 2.19. The fraction of sp³-hybridized carbons (Fsp3) is 0.438. The number of nitrogens with zero attached hydrogens (tertiary/aromatic N) is 2. The summed E-state index contributed by atoms with van der Waals surface area (Å²) in [7, 11) is 1.57. The highest BCUT2D eigenvalue weighted by molar-refractivity contribution is 6.42. The molecular formula is C16H19FN2O3. The number of hydrogen-bond acceptors (Lipinski definition) is 3. The summed E-state index contributed by atoms with van der Waals surface area (Å²) in [5.74, 6) is -2.92. The van der Waals surface area contributed by atoms with Crippen molar-refractivity contribution >= 4 is 17.6 Å². The van der Waals surface area contributed by atoms with E-state index < -0.39 is 17.6 Å². The van der Waals surface area contributed by atoms with Gasteiger partial charge in [-0.2, -0.15) is 0 Å². The van der Waals surface area contributed by atoms with Gasteiger partial charge in [-0.1, -0.05) is 12.1 Å². The molecule has 0 N–H and O–H groups in total. The van der Waals surface area contributed by atoms with Gasteiger partial charge < -0.3 is 9.80 Å². The number of hydrogen-bond donors (Lipinski definition) is 0. The summed E-state index contributed by atoms with van der Waals surface area (Å²) in [4.78, 5) is 39.0. The molecule has 0 aromatic heterocycles. The zero-order chi connectivity index (χ0) is 16.4. The van der Waals surface area contributed by atoms with Crippen molar-refractivity contribution in [3.8, 4) is 0 Å². The number of likely N-dealkylation sites (tertiary alicyclic amines) is 1. The Bertz CT molecular complexity index is 598. The van der Waals surface area contributed by atoms with Crippen LogP contribution in [0.4, 0.5) is 4.39 Å². The van der Waals surface area contributed by atoms with Crippen LogP contribution in [0.25, 0.3) is 0 Å². The molecule has 1 aromatic carbocycles. The Morgan fingerprint density at radius 2 is 1.91 bits per heavy atom. The van der Waals surface area contributed by atoms with Gasteiger partial charge in [0, 0.05) is 26.2 Å². The SMILES string of the molecule is CC(C)N1CC(C(=O)N(C)Cc2ccc(F)cc2)C(=O)C1=O. The van der Waals surface area contributed by atoms with Gasteiger partial charge in [-0.15, -0.1) is 0 Å². The molecule has 0 radical (unpaired) electrons. The molecule has 1 unspecified atom stereocenters. The van der Waals surface area contributed by atoms with Gasteiger partial charge in [0.2, 0.25) is 11.7 Å². The van der Waals surface area contributed by atoms with E-state index in [1.165, 1.54) is 21.9 Å². The Labute approximate surface area is 128 Å². The summed E-state index contributed by atoms with van der Waals surface area (Å²) in [6.07, 6.45) is 0. The van der Waals surface area contributed by atoms with Crippen LogP contribution in [-0.4, -0.2) is 47.0 Å². The molecule has 22 heavy (non-hydrogen) atoms. The summed E-state index contributed by atoms with van der Waals surface area (Å²) in [5.41, 5.74) is 0.759. The number of ketones is 1. The first-order valence-corrected chi connectivity index (χ1v) is 7.15. The van der Waals surface area contributed by atoms with E-state index in [-0.39, 0.29) is 30.9 Å². The number of rotatable bonds is 4. The van der Waals surface area contributed by atoms with Crippen LogP contribution >= 0.6 is 0 Å². The van der Waals surface area contributed by atoms with Gasteiger partial charge in [0.25, 0.3) is 5.91 Å². The summed E-state index contributed by atoms with van der Waals surface area (Å²) in [5, 5.41) is 0. The van der Waals surface area contributed by atoms with E-state index >= 15 is 0 Å². The zero-order valence-electron chi connectivity index (χ0n) is 12.9. The maximum Gasteiger partial charge on any atom is 0.291 e. The van der Waals surface area contributed by atoms with Gasteiger partial charge in [-0.05, 0) is 31.5 Å². The minimum Gasteiger partial charge on any atom is -0.341 e. The van der Waals surface area contributed by atoms with Crippen LogP contribution in [-0.2, 0) is 20.9 Å². The Morgan fingerprint density at radius 1 is 1.32 bits per heavy atom. The van der Waals surface area contributed by atoms with Gasteiger partial charge in [-0.3, -0.25) is 14.4 Å². The maximum atomic E-state index is 12.9. The number of carbonyl (C=O) groups is 3. The molecule has 1 heterocycles. The van der Waals surface area contributed by atoms with Gasteiger partial charge in [0.15, 0.2) is 0 Å². The highest BCUT2D eigenvalue weighted by Gasteiger charge is 2.44. The molecular weight excluding hydrogens is 287 g/mol. The topological polar surface area (TPSA) is 57.7 Å². The summed E-state index contributed by atoms with van der Waals surface area (Å²) in [6.45, 7) is 4.00. The first kappa shape index (κ1) is 16.1. The van der Waals surface area contributed by atoms with Gasteiger partial charge in [0.1, 0.15) is 11.7 Å². The lowest BCUT2D eigenvalue weighted by Crippen LogP contribution is -2.37. The molecule has 2 rings (SSSR count). The van der Waals surface area contributed by atoms with E-state index in [0.29, 0.717) is 0 Å². The molecule has 5 nitrogen and oxygen atoms in total. The average Bonchev–Trinajstić information content (AvgIpc) is 2.77. The molecule has 2 amide bonds. The third-order valence-electron chi connectivity index (χ3n) is 3.80. The van der Waals surface area contributed by atoms with Crippen LogP contribution in [0.2, 0.25) is 0 Å². The predicted molar refractivity (Wildman–Crippen MR) is 78.2 cm³/mol. The van der Waals surface area contributed by atoms with Crippen molar-refractivity contribution in [2.24, 2.45) is 5.92 Å². The second-order valence-corrected chi connectivity index (χ2v) is 5.79. The first-order valence-electron chi connectivity index (χ1n) is 7.15. The van der Waals surface area contributed by atoms with Crippen LogP contribution in [0.1, 0.15) is 19.4 Å². The molecule has 1 aliphatic heterocycles. The molecule has 1 atom stereocenters. The quantitative estimate of drug-likeness (QED) is 0.621. The lowest BCUT2D eigenvalue weighted by Gasteiger charge is -2.22. The molecule has 0 aliphatic carbocycles. The Hall–Kier alpha value is -2.24. The van der Waals surface area contributed by atoms with Crippen molar-refractivity contribution in [2.75, 3.05) is 13.6 Å². The molecule has 118 valence electrons. The van der Waals surface area contributed by atoms with Crippen LogP contribution in [0.3, 0.4) is 0 Å². The summed E-state index contributed by atoms with van der Waals surface area (Å²) in [6, 6.07) is 5.69. The molecule has 1 fully saturated rings. The number of Topliss-reactive ketones (excluding diaryl/α,β-unsaturated/α-hetero) is 1. The van der Waals surface area contributed by atoms with Crippen molar-refractivity contribution in [2.45, 2.75) is 26.4 Å². The van der Waals surface area contributed by atoms with Gasteiger partial charge >= 0.3 is 0 Å². The Morgan fingerprint density at radius 3 is 2.41 bits per heavy atom. The number of carbonyl (C=O) groups excluding carboxylic acids is 3. The van der Waals surface area contributed by atoms with Crippen LogP contribution in [0.15, 0.2) is 24.3 Å². The van der Waals surface area contributed by atoms with Crippen molar-refractivity contribution < 1.29 is 18.8 Å². The Kier molecular flexibility index (Phi) is 4.59. The monoisotopic (exact) mass is 306 g/mol. The highest BCUT2D eigenvalue weighted by atomic mass is 19.1. The summed E-state index contributed by atoms with van der Waals surface area (Å²) >= 11 is 0. The molecule has 0 bridgehead atoms. The van der Waals surface area contributed by atoms with Crippen molar-refractivity contribution in [1.29, 1.82) is 0 Å². The van der Waals surface area contributed by atoms with E-state index in [2.05, 4.69) is 0 Å². The predicted octanol–water partition coefficient (Wildman–Crippen LogP) is 1.22. The molecule has 0 spiro atoms. The van der Waals surface area contributed by atoms with E-state index in [9.17, 15) is 18.8 Å². The van der Waals surface area contributed by atoms with Crippen molar-refractivity contribution in [1.82, 2.24) is 9.80 Å². The largest absolute Gasteiger partial charge is 0.341 e. The van der Waals surface area contributed by atoms with E-state index in [1.54, 1.807) is 33.0 Å². The van der Waals surface area contributed by atoms with Crippen molar-refractivity contribution in [3.05, 3.63) is 35.6 Å². The van der Waals surface area contributed by atoms with Gasteiger partial charge in [-0.25, -0.2) is 4.39 Å². The number of amides is 2. The summed E-state index contributed by atoms with van der Waals surface area (Å²) < 4.78 is 12.9. The minimum atomic E-state index is -0.944. The van der Waals surface area contributed by atoms with Crippen molar-refractivity contribution in [3.63, 3.8) is 0 Å². The van der Waals surface area contributed by atoms with Crippen LogP contribution < -0.4 is 0 Å². The standard InChI is InChI=1S/C16H19FN2O3/c1-10(2)19-9-13(14(20)16(19)22)15(21)18(3)8-11-4-6-12(17)7-5-11/h4-7,10,13H,8-9H2,1-3H3. The van der Waals surface area contributed by atoms with Crippen LogP contribution in [0.5, 0.6) is 0 Å². The van der Waals surface area contributed by atoms with E-state index in [0.717, 1.165) is 5.56 Å². The molecule has 6 heteroatoms. The maximum absolute atomic E-state index is 12.9. The number of halogens is 1. The Balaban J connectivity index is 2.06. The molecule has 1 saturated heterocycles. The molecule has 1 aliphatic rings. The fourth-order valence-corrected chi connectivity index (χ4v) is 2.50. The van der Waals surface area contributed by atoms with Crippen LogP contribution in [0, 0.1) is 11.7 Å². The number of benzene rings is 1. The zero-order valence-corrected chi connectivity index (χ0v) is 12.9. The average molecular weight is 306 g/mol. The fourth-order valence-electron chi connectivity index (χ4n) is 2.50. The minimum absolute atomic E-state index is 0.114.